The summed E-state index contributed by atoms with van der Waals surface area (Å²) in [5.74, 6) is 0.122. The molecule has 2 nitrogen and oxygen atoms in total. The summed E-state index contributed by atoms with van der Waals surface area (Å²) in [6.07, 6.45) is 4.98. The highest BCUT2D eigenvalue weighted by molar-refractivity contribution is 9.09. The first-order valence-corrected chi connectivity index (χ1v) is 7.79. The van der Waals surface area contributed by atoms with Gasteiger partial charge in [0.25, 0.3) is 0 Å². The van der Waals surface area contributed by atoms with Gasteiger partial charge in [0.05, 0.1) is 12.0 Å². The van der Waals surface area contributed by atoms with Gasteiger partial charge in [0, 0.05) is 18.4 Å². The maximum Gasteiger partial charge on any atom is 0.0666 e. The van der Waals surface area contributed by atoms with E-state index in [1.54, 1.807) is 0 Å². The molecular weight excluding hydrogens is 276 g/mol. The lowest BCUT2D eigenvalue weighted by Crippen LogP contribution is -2.38. The highest BCUT2D eigenvalue weighted by Crippen LogP contribution is 2.33. The first kappa shape index (κ1) is 16.9. The van der Waals surface area contributed by atoms with E-state index in [0.29, 0.717) is 5.41 Å². The summed E-state index contributed by atoms with van der Waals surface area (Å²) in [6.45, 7) is 8.46. The third-order valence-electron chi connectivity index (χ3n) is 3.26. The Morgan fingerprint density at radius 3 is 2.18 bits per heavy atom. The molecule has 0 saturated carbocycles. The summed E-state index contributed by atoms with van der Waals surface area (Å²) in [6, 6.07) is 2.31. The van der Waals surface area contributed by atoms with Crippen molar-refractivity contribution in [1.82, 2.24) is 4.90 Å². The molecule has 0 aromatic rings. The molecule has 0 aromatic carbocycles. The summed E-state index contributed by atoms with van der Waals surface area (Å²) in [7, 11) is 2.14. The van der Waals surface area contributed by atoms with E-state index in [1.165, 1.54) is 25.7 Å². The number of alkyl halides is 1. The second kappa shape index (κ2) is 8.94. The molecule has 1 atom stereocenters. The number of nitrogens with zero attached hydrogens (tertiary/aromatic N) is 2. The third kappa shape index (κ3) is 6.43. The summed E-state index contributed by atoms with van der Waals surface area (Å²) >= 11 is 3.70. The van der Waals surface area contributed by atoms with E-state index in [2.05, 4.69) is 47.8 Å². The molecule has 0 amide bonds. The van der Waals surface area contributed by atoms with Gasteiger partial charge in [-0.3, -0.25) is 0 Å². The minimum atomic E-state index is 0.122. The van der Waals surface area contributed by atoms with Crippen LogP contribution in [0.3, 0.4) is 0 Å². The van der Waals surface area contributed by atoms with Crippen LogP contribution < -0.4 is 0 Å². The highest BCUT2D eigenvalue weighted by atomic mass is 79.9. The largest absolute Gasteiger partial charge is 0.304 e. The van der Waals surface area contributed by atoms with Crippen LogP contribution in [0.2, 0.25) is 0 Å². The van der Waals surface area contributed by atoms with Crippen LogP contribution in [0.1, 0.15) is 46.5 Å². The van der Waals surface area contributed by atoms with E-state index in [1.807, 2.05) is 6.92 Å². The van der Waals surface area contributed by atoms with Crippen LogP contribution in [0, 0.1) is 22.7 Å². The zero-order chi connectivity index (χ0) is 13.3. The second-order valence-electron chi connectivity index (χ2n) is 5.36. The molecule has 0 radical (unpaired) electrons. The summed E-state index contributed by atoms with van der Waals surface area (Å²) < 4.78 is 0. The molecule has 0 aliphatic carbocycles. The number of hydrogen-bond donors (Lipinski definition) is 0. The third-order valence-corrected chi connectivity index (χ3v) is 4.44. The molecule has 17 heavy (non-hydrogen) atoms. The molecule has 0 aliphatic heterocycles. The van der Waals surface area contributed by atoms with Crippen molar-refractivity contribution in [3.05, 3.63) is 0 Å². The fourth-order valence-electron chi connectivity index (χ4n) is 2.67. The van der Waals surface area contributed by atoms with Crippen molar-refractivity contribution in [2.75, 3.05) is 25.5 Å². The number of nitriles is 1. The van der Waals surface area contributed by atoms with Crippen molar-refractivity contribution in [1.29, 1.82) is 5.26 Å². The molecule has 0 aromatic heterocycles. The summed E-state index contributed by atoms with van der Waals surface area (Å²) in [5, 5.41) is 9.92. The minimum Gasteiger partial charge on any atom is -0.304 e. The van der Waals surface area contributed by atoms with E-state index in [4.69, 9.17) is 5.26 Å². The predicted molar refractivity (Wildman–Crippen MR) is 78.3 cm³/mol. The van der Waals surface area contributed by atoms with Gasteiger partial charge in [-0.2, -0.15) is 5.26 Å². The fourth-order valence-corrected chi connectivity index (χ4v) is 3.40. The van der Waals surface area contributed by atoms with Gasteiger partial charge < -0.3 is 4.90 Å². The van der Waals surface area contributed by atoms with Gasteiger partial charge >= 0.3 is 0 Å². The van der Waals surface area contributed by atoms with E-state index >= 15 is 0 Å². The SMILES string of the molecule is CCCC(CBr)(CCC)CN(C)CC(C)C#N. The average molecular weight is 303 g/mol. The molecule has 0 aliphatic rings. The van der Waals surface area contributed by atoms with Gasteiger partial charge in [0.15, 0.2) is 0 Å². The Morgan fingerprint density at radius 1 is 1.29 bits per heavy atom. The Hall–Kier alpha value is -0.0700. The van der Waals surface area contributed by atoms with Crippen molar-refractivity contribution >= 4 is 15.9 Å². The molecule has 0 heterocycles. The van der Waals surface area contributed by atoms with Gasteiger partial charge in [-0.05, 0) is 32.2 Å². The Bertz CT molecular complexity index is 229. The van der Waals surface area contributed by atoms with Crippen molar-refractivity contribution < 1.29 is 0 Å². The lowest BCUT2D eigenvalue weighted by molar-refractivity contribution is 0.164. The molecule has 3 heteroatoms. The van der Waals surface area contributed by atoms with E-state index in [0.717, 1.165) is 18.4 Å². The van der Waals surface area contributed by atoms with Crippen LogP contribution in [0.15, 0.2) is 0 Å². The molecule has 100 valence electrons. The van der Waals surface area contributed by atoms with Crippen LogP contribution in [0.4, 0.5) is 0 Å². The molecule has 1 unspecified atom stereocenters. The van der Waals surface area contributed by atoms with Crippen LogP contribution in [-0.4, -0.2) is 30.4 Å². The molecule has 0 saturated heterocycles. The quantitative estimate of drug-likeness (QED) is 0.601. The predicted octanol–water partition coefficient (Wildman–Crippen LogP) is 4.06. The molecule has 0 bridgehead atoms. The van der Waals surface area contributed by atoms with Crippen LogP contribution in [0.25, 0.3) is 0 Å². The zero-order valence-corrected chi connectivity index (χ0v) is 13.4. The smallest absolute Gasteiger partial charge is 0.0666 e. The molecular formula is C14H27BrN2. The zero-order valence-electron chi connectivity index (χ0n) is 11.8. The fraction of sp³-hybridized carbons (Fsp3) is 0.929. The van der Waals surface area contributed by atoms with E-state index in [-0.39, 0.29) is 5.92 Å². The minimum absolute atomic E-state index is 0.122. The highest BCUT2D eigenvalue weighted by Gasteiger charge is 2.28. The summed E-state index contributed by atoms with van der Waals surface area (Å²) in [4.78, 5) is 2.32. The standard InChI is InChI=1S/C14H27BrN2/c1-5-7-14(11-15,8-6-2)12-17(4)10-13(3)9-16/h13H,5-8,10-12H2,1-4H3. The van der Waals surface area contributed by atoms with Crippen LogP contribution in [-0.2, 0) is 0 Å². The van der Waals surface area contributed by atoms with Gasteiger partial charge in [-0.25, -0.2) is 0 Å². The average Bonchev–Trinajstić information content (AvgIpc) is 2.29. The first-order valence-electron chi connectivity index (χ1n) is 6.67. The second-order valence-corrected chi connectivity index (χ2v) is 5.92. The van der Waals surface area contributed by atoms with E-state index < -0.39 is 0 Å². The monoisotopic (exact) mass is 302 g/mol. The van der Waals surface area contributed by atoms with Crippen molar-refractivity contribution in [2.45, 2.75) is 46.5 Å². The number of halogens is 1. The van der Waals surface area contributed by atoms with E-state index in [9.17, 15) is 0 Å². The molecule has 0 spiro atoms. The summed E-state index contributed by atoms with van der Waals surface area (Å²) in [5.41, 5.74) is 0.382. The topological polar surface area (TPSA) is 27.0 Å². The Balaban J connectivity index is 4.45. The maximum absolute atomic E-state index is 8.86. The number of hydrogen-bond acceptors (Lipinski definition) is 2. The Labute approximate surface area is 116 Å². The van der Waals surface area contributed by atoms with Gasteiger partial charge in [0.1, 0.15) is 0 Å². The van der Waals surface area contributed by atoms with Gasteiger partial charge in [-0.15, -0.1) is 0 Å². The van der Waals surface area contributed by atoms with Crippen molar-refractivity contribution in [2.24, 2.45) is 11.3 Å². The normalized spacial score (nSPS) is 13.7. The van der Waals surface area contributed by atoms with Crippen molar-refractivity contribution in [3.63, 3.8) is 0 Å². The van der Waals surface area contributed by atoms with Gasteiger partial charge in [-0.1, -0.05) is 42.6 Å². The molecule has 0 fully saturated rings. The van der Waals surface area contributed by atoms with Crippen LogP contribution >= 0.6 is 15.9 Å². The van der Waals surface area contributed by atoms with Gasteiger partial charge in [0.2, 0.25) is 0 Å². The molecule has 0 N–H and O–H groups in total. The molecule has 0 rings (SSSR count). The first-order chi connectivity index (χ1) is 8.03. The Kier molecular flexibility index (Phi) is 8.90. The lowest BCUT2D eigenvalue weighted by Gasteiger charge is -2.36. The number of rotatable bonds is 9. The Morgan fingerprint density at radius 2 is 1.82 bits per heavy atom. The van der Waals surface area contributed by atoms with Crippen molar-refractivity contribution in [3.8, 4) is 6.07 Å². The lowest BCUT2D eigenvalue weighted by atomic mass is 9.80. The van der Waals surface area contributed by atoms with Crippen LogP contribution in [0.5, 0.6) is 0 Å². The maximum atomic E-state index is 8.86.